The molecule has 4 aliphatic rings. The second kappa shape index (κ2) is 12.7. The number of fused-ring (bicyclic) bond motifs is 2. The van der Waals surface area contributed by atoms with E-state index in [0.29, 0.717) is 11.8 Å². The third-order valence-corrected chi connectivity index (χ3v) is 12.4. The highest BCUT2D eigenvalue weighted by atomic mass is 14.4. The second-order valence-electron chi connectivity index (χ2n) is 15.6. The van der Waals surface area contributed by atoms with Crippen LogP contribution in [0.25, 0.3) is 28.3 Å². The molecule has 0 aliphatic heterocycles. The van der Waals surface area contributed by atoms with Crippen molar-refractivity contribution >= 4 is 17.2 Å². The predicted molar refractivity (Wildman–Crippen MR) is 200 cm³/mol. The van der Waals surface area contributed by atoms with Gasteiger partial charge >= 0.3 is 0 Å². The third-order valence-electron chi connectivity index (χ3n) is 12.4. The minimum Gasteiger partial charge on any atom is -0.0998 e. The van der Waals surface area contributed by atoms with Crippen LogP contribution in [0.2, 0.25) is 0 Å². The molecular formula is C46H54. The molecule has 3 aromatic rings. The molecule has 4 aliphatic carbocycles. The molecule has 0 bridgehead atoms. The van der Waals surface area contributed by atoms with Gasteiger partial charge in [-0.05, 0) is 176 Å². The van der Waals surface area contributed by atoms with E-state index in [2.05, 4.69) is 108 Å². The van der Waals surface area contributed by atoms with Crippen molar-refractivity contribution in [2.75, 3.05) is 0 Å². The molecule has 7 rings (SSSR count). The summed E-state index contributed by atoms with van der Waals surface area (Å²) in [6, 6.07) is 19.0. The third kappa shape index (κ3) is 5.83. The highest BCUT2D eigenvalue weighted by Gasteiger charge is 2.36. The van der Waals surface area contributed by atoms with Gasteiger partial charge in [-0.1, -0.05) is 98.3 Å². The number of hydrogen-bond acceptors (Lipinski definition) is 0. The van der Waals surface area contributed by atoms with E-state index in [1.165, 1.54) is 112 Å². The summed E-state index contributed by atoms with van der Waals surface area (Å²) in [7, 11) is 0. The lowest BCUT2D eigenvalue weighted by Gasteiger charge is -2.33. The van der Waals surface area contributed by atoms with Crippen molar-refractivity contribution in [1.29, 1.82) is 0 Å². The normalized spacial score (nSPS) is 25.2. The summed E-state index contributed by atoms with van der Waals surface area (Å²) in [5.41, 5.74) is 20.1. The fraction of sp³-hybridized carbons (Fsp3) is 0.435. The van der Waals surface area contributed by atoms with E-state index in [4.69, 9.17) is 0 Å². The van der Waals surface area contributed by atoms with Gasteiger partial charge in [0, 0.05) is 5.92 Å². The Morgan fingerprint density at radius 2 is 1.57 bits per heavy atom. The average molecular weight is 607 g/mol. The van der Waals surface area contributed by atoms with Crippen LogP contribution < -0.4 is 0 Å². The molecule has 0 saturated heterocycles. The van der Waals surface area contributed by atoms with E-state index in [9.17, 15) is 0 Å². The molecule has 3 atom stereocenters. The van der Waals surface area contributed by atoms with E-state index in [1.54, 1.807) is 11.1 Å². The van der Waals surface area contributed by atoms with E-state index < -0.39 is 0 Å². The van der Waals surface area contributed by atoms with Crippen molar-refractivity contribution in [3.8, 4) is 11.1 Å². The molecule has 2 saturated carbocycles. The van der Waals surface area contributed by atoms with E-state index >= 15 is 0 Å². The van der Waals surface area contributed by atoms with Crippen LogP contribution in [0.4, 0.5) is 0 Å². The first-order valence-electron chi connectivity index (χ1n) is 18.3. The van der Waals surface area contributed by atoms with E-state index in [1.807, 2.05) is 0 Å². The monoisotopic (exact) mass is 606 g/mol. The van der Waals surface area contributed by atoms with Crippen LogP contribution in [0.5, 0.6) is 0 Å². The zero-order valence-electron chi connectivity index (χ0n) is 29.1. The standard InChI is InChI=1S/C46H54/c1-8-30(5)36-17-18-37(24-36)33-13-15-34(16-14-33)43-23-32(7)41-20-19-38(26-45(41)43)39-25-40-22-31(6)42(21-28(2)3)46(44(40)27-39)35-11-9-29(4)10-12-35/h9-12,19-20,22-23,25-26,32-34,36-37H,2,5,8,13-18,21,24,27H2,1,3-4,6-7H3/t32?,33?,34?,36?,37-/m1/s1. The summed E-state index contributed by atoms with van der Waals surface area (Å²) in [5.74, 6) is 3.89. The van der Waals surface area contributed by atoms with Gasteiger partial charge in [-0.3, -0.25) is 0 Å². The van der Waals surface area contributed by atoms with Gasteiger partial charge in [0.05, 0.1) is 0 Å². The summed E-state index contributed by atoms with van der Waals surface area (Å²) in [6.45, 7) is 20.0. The second-order valence-corrected chi connectivity index (χ2v) is 15.6. The van der Waals surface area contributed by atoms with Gasteiger partial charge in [0.2, 0.25) is 0 Å². The van der Waals surface area contributed by atoms with Crippen molar-refractivity contribution in [3.05, 3.63) is 123 Å². The summed E-state index contributed by atoms with van der Waals surface area (Å²) in [5, 5.41) is 0. The van der Waals surface area contributed by atoms with E-state index in [-0.39, 0.29) is 0 Å². The van der Waals surface area contributed by atoms with Gasteiger partial charge in [0.25, 0.3) is 0 Å². The fourth-order valence-electron chi connectivity index (χ4n) is 9.68. The molecule has 0 heterocycles. The molecule has 0 nitrogen and oxygen atoms in total. The molecule has 2 unspecified atom stereocenters. The number of rotatable bonds is 8. The Kier molecular flexibility index (Phi) is 8.60. The average Bonchev–Trinajstić information content (AvgIpc) is 3.79. The van der Waals surface area contributed by atoms with Crippen molar-refractivity contribution in [2.24, 2.45) is 23.7 Å². The summed E-state index contributed by atoms with van der Waals surface area (Å²) < 4.78 is 0. The maximum Gasteiger partial charge on any atom is 0.000174 e. The molecule has 238 valence electrons. The fourth-order valence-corrected chi connectivity index (χ4v) is 9.68. The Morgan fingerprint density at radius 3 is 2.28 bits per heavy atom. The van der Waals surface area contributed by atoms with Crippen molar-refractivity contribution in [3.63, 3.8) is 0 Å². The lowest BCUT2D eigenvalue weighted by molar-refractivity contribution is 0.226. The Bertz CT molecular complexity index is 1730. The van der Waals surface area contributed by atoms with Crippen molar-refractivity contribution < 1.29 is 0 Å². The van der Waals surface area contributed by atoms with Gasteiger partial charge in [-0.15, -0.1) is 0 Å². The maximum atomic E-state index is 4.40. The highest BCUT2D eigenvalue weighted by Crippen LogP contribution is 2.50. The molecule has 2 fully saturated rings. The van der Waals surface area contributed by atoms with Crippen LogP contribution in [0.1, 0.15) is 123 Å². The van der Waals surface area contributed by atoms with Gasteiger partial charge < -0.3 is 0 Å². The molecule has 0 heteroatoms. The maximum absolute atomic E-state index is 4.40. The molecule has 0 aromatic heterocycles. The minimum atomic E-state index is 0.516. The summed E-state index contributed by atoms with van der Waals surface area (Å²) in [6.07, 6.45) is 18.0. The Hall–Kier alpha value is -3.38. The minimum absolute atomic E-state index is 0.516. The summed E-state index contributed by atoms with van der Waals surface area (Å²) >= 11 is 0. The summed E-state index contributed by atoms with van der Waals surface area (Å²) in [4.78, 5) is 0. The molecule has 46 heavy (non-hydrogen) atoms. The van der Waals surface area contributed by atoms with Crippen LogP contribution in [0.3, 0.4) is 0 Å². The van der Waals surface area contributed by atoms with Crippen LogP contribution in [-0.4, -0.2) is 0 Å². The lowest BCUT2D eigenvalue weighted by atomic mass is 9.72. The quantitative estimate of drug-likeness (QED) is 0.224. The molecule has 3 aromatic carbocycles. The van der Waals surface area contributed by atoms with Gasteiger partial charge in [0.1, 0.15) is 0 Å². The smallest absolute Gasteiger partial charge is 0.000174 e. The van der Waals surface area contributed by atoms with Crippen molar-refractivity contribution in [1.82, 2.24) is 0 Å². The first kappa shape index (κ1) is 31.2. The van der Waals surface area contributed by atoms with Crippen LogP contribution in [0.15, 0.2) is 78.9 Å². The van der Waals surface area contributed by atoms with Gasteiger partial charge in [0.15, 0.2) is 0 Å². The van der Waals surface area contributed by atoms with Crippen LogP contribution >= 0.6 is 0 Å². The zero-order valence-corrected chi connectivity index (χ0v) is 29.1. The first-order valence-corrected chi connectivity index (χ1v) is 18.3. The molecular weight excluding hydrogens is 553 g/mol. The van der Waals surface area contributed by atoms with Crippen LogP contribution in [-0.2, 0) is 12.8 Å². The zero-order chi connectivity index (χ0) is 32.1. The predicted octanol–water partition coefficient (Wildman–Crippen LogP) is 12.9. The van der Waals surface area contributed by atoms with Crippen molar-refractivity contribution in [2.45, 2.75) is 105 Å². The molecule has 0 amide bonds. The molecule has 0 N–H and O–H groups in total. The Balaban J connectivity index is 1.13. The number of benzene rings is 3. The number of hydrogen-bond donors (Lipinski definition) is 0. The SMILES string of the molecule is C=C(C)Cc1c(C)cc2c(c1-c1ccc(C)cc1)CC(c1ccc3c(c1)C(C1CCC([C@@H]4CCC(C(=C)CC)C4)CC1)=CC3C)=C2. The molecule has 0 spiro atoms. The first-order chi connectivity index (χ1) is 22.2. The Labute approximate surface area is 279 Å². The van der Waals surface area contributed by atoms with Gasteiger partial charge in [-0.25, -0.2) is 0 Å². The number of aryl methyl sites for hydroxylation is 2. The Morgan fingerprint density at radius 1 is 0.848 bits per heavy atom. The highest BCUT2D eigenvalue weighted by molar-refractivity contribution is 5.94. The topological polar surface area (TPSA) is 0 Å². The molecule has 0 radical (unpaired) electrons. The van der Waals surface area contributed by atoms with E-state index in [0.717, 1.165) is 37.0 Å². The number of allylic oxidation sites excluding steroid dienone is 5. The van der Waals surface area contributed by atoms with Crippen LogP contribution in [0, 0.1) is 37.5 Å². The van der Waals surface area contributed by atoms with Gasteiger partial charge in [-0.2, -0.15) is 0 Å². The largest absolute Gasteiger partial charge is 0.0998 e. The lowest BCUT2D eigenvalue weighted by Crippen LogP contribution is -2.21.